The molecule has 1 fully saturated rings. The van der Waals surface area contributed by atoms with Crippen LogP contribution in [-0.4, -0.2) is 52.8 Å². The zero-order valence-corrected chi connectivity index (χ0v) is 14.7. The minimum absolute atomic E-state index is 0.162. The first-order valence-corrected chi connectivity index (χ1v) is 8.54. The molecule has 1 atom stereocenters. The summed E-state index contributed by atoms with van der Waals surface area (Å²) in [6.07, 6.45) is 1.50. The van der Waals surface area contributed by atoms with Crippen molar-refractivity contribution in [2.45, 2.75) is 6.04 Å². The van der Waals surface area contributed by atoms with Crippen molar-refractivity contribution < 1.29 is 18.8 Å². The van der Waals surface area contributed by atoms with Crippen molar-refractivity contribution in [1.82, 2.24) is 20.0 Å². The summed E-state index contributed by atoms with van der Waals surface area (Å²) in [5, 5.41) is 4.07. The normalized spacial score (nSPS) is 16.9. The average Bonchev–Trinajstić information content (AvgIpc) is 3.24. The fraction of sp³-hybridized carbons (Fsp3) is 0.263. The fourth-order valence-electron chi connectivity index (χ4n) is 2.92. The summed E-state index contributed by atoms with van der Waals surface area (Å²) in [6, 6.07) is 12.4. The molecule has 1 amide bonds. The molecule has 0 spiro atoms. The average molecular weight is 366 g/mol. The number of nitrogens with zero attached hydrogens (tertiary/aromatic N) is 4. The second-order valence-electron chi connectivity index (χ2n) is 6.00. The Morgan fingerprint density at radius 1 is 1.22 bits per heavy atom. The molecule has 0 aliphatic carbocycles. The molecule has 1 aromatic carbocycles. The van der Waals surface area contributed by atoms with Crippen molar-refractivity contribution in [2.24, 2.45) is 0 Å². The van der Waals surface area contributed by atoms with E-state index in [1.807, 2.05) is 30.3 Å². The van der Waals surface area contributed by atoms with Gasteiger partial charge in [0.2, 0.25) is 5.88 Å². The Morgan fingerprint density at radius 2 is 2.07 bits per heavy atom. The van der Waals surface area contributed by atoms with E-state index in [-0.39, 0.29) is 5.91 Å². The van der Waals surface area contributed by atoms with Crippen LogP contribution < -0.4 is 4.74 Å². The highest BCUT2D eigenvalue weighted by molar-refractivity contribution is 5.94. The molecule has 1 unspecified atom stereocenters. The number of morpholine rings is 1. The quantitative estimate of drug-likeness (QED) is 0.700. The van der Waals surface area contributed by atoms with E-state index in [0.29, 0.717) is 42.9 Å². The van der Waals surface area contributed by atoms with Gasteiger partial charge in [0.25, 0.3) is 11.8 Å². The molecule has 3 aromatic rings. The van der Waals surface area contributed by atoms with E-state index in [4.69, 9.17) is 14.0 Å². The Labute approximate surface area is 155 Å². The van der Waals surface area contributed by atoms with Gasteiger partial charge in [-0.2, -0.15) is 4.98 Å². The molecule has 0 radical (unpaired) electrons. The number of rotatable bonds is 4. The van der Waals surface area contributed by atoms with Crippen LogP contribution in [0.1, 0.15) is 22.2 Å². The molecule has 0 saturated carbocycles. The van der Waals surface area contributed by atoms with Crippen LogP contribution in [0.15, 0.2) is 53.2 Å². The third-order valence-electron chi connectivity index (χ3n) is 4.34. The molecule has 2 aromatic heterocycles. The molecule has 3 heterocycles. The summed E-state index contributed by atoms with van der Waals surface area (Å²) in [5.74, 6) is 1.12. The molecule has 138 valence electrons. The molecule has 1 aliphatic rings. The minimum atomic E-state index is -0.422. The summed E-state index contributed by atoms with van der Waals surface area (Å²) < 4.78 is 16.0. The lowest BCUT2D eigenvalue weighted by Gasteiger charge is -2.33. The number of amides is 1. The number of ether oxygens (including phenoxy) is 2. The Morgan fingerprint density at radius 3 is 2.81 bits per heavy atom. The summed E-state index contributed by atoms with van der Waals surface area (Å²) in [4.78, 5) is 23.2. The lowest BCUT2D eigenvalue weighted by Crippen LogP contribution is -2.43. The predicted octanol–water partition coefficient (Wildman–Crippen LogP) is 2.35. The van der Waals surface area contributed by atoms with E-state index in [2.05, 4.69) is 15.1 Å². The second kappa shape index (κ2) is 7.55. The van der Waals surface area contributed by atoms with Crippen LogP contribution in [0.4, 0.5) is 0 Å². The van der Waals surface area contributed by atoms with Gasteiger partial charge in [-0.1, -0.05) is 23.4 Å². The number of carbonyl (C=O) groups is 1. The highest BCUT2D eigenvalue weighted by Crippen LogP contribution is 2.26. The van der Waals surface area contributed by atoms with Gasteiger partial charge in [-0.05, 0) is 18.2 Å². The number of pyridine rings is 1. The van der Waals surface area contributed by atoms with E-state index >= 15 is 0 Å². The van der Waals surface area contributed by atoms with Crippen molar-refractivity contribution in [3.63, 3.8) is 0 Å². The monoisotopic (exact) mass is 366 g/mol. The van der Waals surface area contributed by atoms with E-state index < -0.39 is 6.04 Å². The smallest absolute Gasteiger partial charge is 0.257 e. The zero-order valence-electron chi connectivity index (χ0n) is 14.7. The maximum Gasteiger partial charge on any atom is 0.257 e. The Kier molecular flexibility index (Phi) is 4.80. The predicted molar refractivity (Wildman–Crippen MR) is 95.1 cm³/mol. The van der Waals surface area contributed by atoms with Crippen LogP contribution in [0.2, 0.25) is 0 Å². The number of aromatic nitrogens is 3. The standard InChI is InChI=1S/C19H18N4O4/c1-25-16-8-7-14(11-20-16)19(24)23-9-10-26-12-15(23)17-21-18(27-22-17)13-5-3-2-4-6-13/h2-8,11,15H,9-10,12H2,1H3. The zero-order chi connectivity index (χ0) is 18.6. The topological polar surface area (TPSA) is 90.6 Å². The first-order valence-electron chi connectivity index (χ1n) is 8.54. The van der Waals surface area contributed by atoms with Crippen molar-refractivity contribution in [3.05, 3.63) is 60.0 Å². The maximum atomic E-state index is 13.0. The largest absolute Gasteiger partial charge is 0.481 e. The minimum Gasteiger partial charge on any atom is -0.481 e. The van der Waals surface area contributed by atoms with Crippen LogP contribution in [0.5, 0.6) is 5.88 Å². The third-order valence-corrected chi connectivity index (χ3v) is 4.34. The van der Waals surface area contributed by atoms with Crippen molar-refractivity contribution in [2.75, 3.05) is 26.9 Å². The fourth-order valence-corrected chi connectivity index (χ4v) is 2.92. The molecule has 0 N–H and O–H groups in total. The van der Waals surface area contributed by atoms with Crippen LogP contribution in [0.3, 0.4) is 0 Å². The van der Waals surface area contributed by atoms with Crippen molar-refractivity contribution in [1.29, 1.82) is 0 Å². The first kappa shape index (κ1) is 17.2. The highest BCUT2D eigenvalue weighted by Gasteiger charge is 2.33. The van der Waals surface area contributed by atoms with Gasteiger partial charge in [0.1, 0.15) is 6.04 Å². The van der Waals surface area contributed by atoms with Gasteiger partial charge < -0.3 is 18.9 Å². The Hall–Kier alpha value is -3.26. The van der Waals surface area contributed by atoms with E-state index in [1.165, 1.54) is 13.3 Å². The van der Waals surface area contributed by atoms with E-state index in [1.54, 1.807) is 17.0 Å². The summed E-state index contributed by atoms with van der Waals surface area (Å²) in [5.41, 5.74) is 1.29. The number of hydrogen-bond donors (Lipinski definition) is 0. The Bertz CT molecular complexity index is 911. The molecule has 0 bridgehead atoms. The van der Waals surface area contributed by atoms with Crippen LogP contribution in [0, 0.1) is 0 Å². The van der Waals surface area contributed by atoms with Crippen molar-refractivity contribution >= 4 is 5.91 Å². The molecule has 8 nitrogen and oxygen atoms in total. The van der Waals surface area contributed by atoms with Gasteiger partial charge in [-0.15, -0.1) is 0 Å². The van der Waals surface area contributed by atoms with Crippen LogP contribution >= 0.6 is 0 Å². The molecule has 8 heteroatoms. The number of carbonyl (C=O) groups excluding carboxylic acids is 1. The van der Waals surface area contributed by atoms with Gasteiger partial charge in [-0.3, -0.25) is 4.79 Å². The van der Waals surface area contributed by atoms with Gasteiger partial charge in [0.15, 0.2) is 5.82 Å². The SMILES string of the molecule is COc1ccc(C(=O)N2CCOCC2c2noc(-c3ccccc3)n2)cn1. The molecule has 27 heavy (non-hydrogen) atoms. The molecular formula is C19H18N4O4. The first-order chi connectivity index (χ1) is 13.3. The van der Waals surface area contributed by atoms with Crippen LogP contribution in [0.25, 0.3) is 11.5 Å². The van der Waals surface area contributed by atoms with E-state index in [0.717, 1.165) is 5.56 Å². The van der Waals surface area contributed by atoms with Crippen molar-refractivity contribution in [3.8, 4) is 17.3 Å². The number of benzene rings is 1. The van der Waals surface area contributed by atoms with Gasteiger partial charge in [0.05, 0.1) is 25.9 Å². The molecule has 1 saturated heterocycles. The Balaban J connectivity index is 1.59. The lowest BCUT2D eigenvalue weighted by molar-refractivity contribution is -0.00579. The summed E-state index contributed by atoms with van der Waals surface area (Å²) in [6.45, 7) is 1.20. The lowest BCUT2D eigenvalue weighted by atomic mass is 10.1. The molecular weight excluding hydrogens is 348 g/mol. The van der Waals surface area contributed by atoms with Gasteiger partial charge >= 0.3 is 0 Å². The molecule has 4 rings (SSSR count). The van der Waals surface area contributed by atoms with Gasteiger partial charge in [-0.25, -0.2) is 4.98 Å². The second-order valence-corrected chi connectivity index (χ2v) is 6.00. The summed E-state index contributed by atoms with van der Waals surface area (Å²) in [7, 11) is 1.53. The van der Waals surface area contributed by atoms with Crippen LogP contribution in [-0.2, 0) is 4.74 Å². The maximum absolute atomic E-state index is 13.0. The number of hydrogen-bond acceptors (Lipinski definition) is 7. The number of methoxy groups -OCH3 is 1. The van der Waals surface area contributed by atoms with E-state index in [9.17, 15) is 4.79 Å². The highest BCUT2D eigenvalue weighted by atomic mass is 16.5. The molecule has 1 aliphatic heterocycles. The van der Waals surface area contributed by atoms with Gasteiger partial charge in [0, 0.05) is 24.4 Å². The third kappa shape index (κ3) is 3.52. The summed E-state index contributed by atoms with van der Waals surface area (Å²) >= 11 is 0.